The van der Waals surface area contributed by atoms with Crippen molar-refractivity contribution in [3.8, 4) is 0 Å². The van der Waals surface area contributed by atoms with Crippen LogP contribution < -0.4 is 5.32 Å². The molecule has 3 rings (SSSR count). The summed E-state index contributed by atoms with van der Waals surface area (Å²) in [6.45, 7) is 6.76. The Morgan fingerprint density at radius 2 is 2.15 bits per heavy atom. The summed E-state index contributed by atoms with van der Waals surface area (Å²) >= 11 is 0. The van der Waals surface area contributed by atoms with Crippen LogP contribution >= 0.6 is 0 Å². The van der Waals surface area contributed by atoms with E-state index in [1.54, 1.807) is 0 Å². The van der Waals surface area contributed by atoms with Gasteiger partial charge in [-0.05, 0) is 31.2 Å². The molecular weight excluding hydrogens is 338 g/mol. The van der Waals surface area contributed by atoms with Crippen LogP contribution in [0.25, 0.3) is 0 Å². The van der Waals surface area contributed by atoms with Gasteiger partial charge >= 0.3 is 0 Å². The summed E-state index contributed by atoms with van der Waals surface area (Å²) in [5, 5.41) is 3.36. The highest BCUT2D eigenvalue weighted by atomic mass is 16.5. The highest BCUT2D eigenvalue weighted by molar-refractivity contribution is 5.79. The minimum atomic E-state index is 0.551. The molecule has 0 amide bonds. The average molecular weight is 370 g/mol. The average Bonchev–Trinajstić information content (AvgIpc) is 3.41. The molecule has 1 saturated carbocycles. The molecule has 1 aliphatic rings. The van der Waals surface area contributed by atoms with Crippen LogP contribution in [0, 0.1) is 5.92 Å². The predicted octanol–water partition coefficient (Wildman–Crippen LogP) is 2.76. The first kappa shape index (κ1) is 19.4. The van der Waals surface area contributed by atoms with Gasteiger partial charge in [-0.25, -0.2) is 9.98 Å². The number of hydrogen-bond acceptors (Lipinski definition) is 3. The second-order valence-electron chi connectivity index (χ2n) is 7.07. The number of aliphatic imine (C=N–C) groups is 1. The van der Waals surface area contributed by atoms with Gasteiger partial charge in [-0.15, -0.1) is 0 Å². The van der Waals surface area contributed by atoms with Gasteiger partial charge in [0.2, 0.25) is 0 Å². The van der Waals surface area contributed by atoms with Crippen LogP contribution in [0.15, 0.2) is 47.7 Å². The van der Waals surface area contributed by atoms with Crippen LogP contribution in [0.3, 0.4) is 0 Å². The lowest BCUT2D eigenvalue weighted by molar-refractivity contribution is 0.115. The molecule has 1 aromatic heterocycles. The van der Waals surface area contributed by atoms with E-state index in [0.29, 0.717) is 6.54 Å². The van der Waals surface area contributed by atoms with E-state index in [4.69, 9.17) is 9.73 Å². The molecule has 27 heavy (non-hydrogen) atoms. The summed E-state index contributed by atoms with van der Waals surface area (Å²) in [6.07, 6.45) is 6.52. The van der Waals surface area contributed by atoms with Gasteiger partial charge in [-0.2, -0.15) is 0 Å². The molecule has 0 atom stereocenters. The maximum absolute atomic E-state index is 5.75. The Kier molecular flexibility index (Phi) is 7.27. The first-order valence-corrected chi connectivity index (χ1v) is 9.87. The molecule has 1 fully saturated rings. The van der Waals surface area contributed by atoms with Gasteiger partial charge in [-0.3, -0.25) is 0 Å². The summed E-state index contributed by atoms with van der Waals surface area (Å²) < 4.78 is 7.91. The molecule has 1 aliphatic carbocycles. The molecule has 0 radical (unpaired) electrons. The van der Waals surface area contributed by atoms with Crippen molar-refractivity contribution in [1.82, 2.24) is 19.8 Å². The summed E-state index contributed by atoms with van der Waals surface area (Å²) in [5.74, 6) is 2.66. The normalized spacial score (nSPS) is 14.4. The molecule has 0 spiro atoms. The number of imidazole rings is 1. The van der Waals surface area contributed by atoms with Gasteiger partial charge in [0.15, 0.2) is 5.96 Å². The molecule has 146 valence electrons. The van der Waals surface area contributed by atoms with E-state index < -0.39 is 0 Å². The largest absolute Gasteiger partial charge is 0.379 e. The summed E-state index contributed by atoms with van der Waals surface area (Å²) in [5.41, 5.74) is 1.26. The number of guanidine groups is 1. The quantitative estimate of drug-likeness (QED) is 0.397. The Bertz CT molecular complexity index is 708. The Balaban J connectivity index is 1.55. The monoisotopic (exact) mass is 369 g/mol. The molecular formula is C21H31N5O. The Hall–Kier alpha value is -2.34. The minimum absolute atomic E-state index is 0.551. The Labute approximate surface area is 162 Å². The van der Waals surface area contributed by atoms with Crippen LogP contribution in [0.2, 0.25) is 0 Å². The highest BCUT2D eigenvalue weighted by Crippen LogP contribution is 2.28. The number of nitrogens with one attached hydrogen (secondary N) is 1. The maximum atomic E-state index is 5.75. The van der Waals surface area contributed by atoms with Crippen LogP contribution in [0.1, 0.15) is 31.2 Å². The number of hydrogen-bond donors (Lipinski definition) is 1. The van der Waals surface area contributed by atoms with Gasteiger partial charge in [0, 0.05) is 45.7 Å². The SMILES string of the molecule is CCNC(=NCc1nccn1Cc1ccccc1)N(C)CCOCC1CC1. The molecule has 0 saturated heterocycles. The second kappa shape index (κ2) is 10.1. The maximum Gasteiger partial charge on any atom is 0.194 e. The number of benzene rings is 1. The zero-order valence-corrected chi connectivity index (χ0v) is 16.5. The molecule has 1 aromatic carbocycles. The molecule has 6 nitrogen and oxygen atoms in total. The Morgan fingerprint density at radius 1 is 1.33 bits per heavy atom. The van der Waals surface area contributed by atoms with Crippen molar-refractivity contribution in [3.05, 3.63) is 54.1 Å². The van der Waals surface area contributed by atoms with E-state index in [-0.39, 0.29) is 0 Å². The van der Waals surface area contributed by atoms with E-state index >= 15 is 0 Å². The molecule has 1 heterocycles. The van der Waals surface area contributed by atoms with Crippen LogP contribution in [-0.4, -0.2) is 53.8 Å². The summed E-state index contributed by atoms with van der Waals surface area (Å²) in [7, 11) is 2.05. The third-order valence-electron chi connectivity index (χ3n) is 4.69. The van der Waals surface area contributed by atoms with Crippen LogP contribution in [0.5, 0.6) is 0 Å². The van der Waals surface area contributed by atoms with E-state index in [0.717, 1.165) is 50.5 Å². The number of aromatic nitrogens is 2. The lowest BCUT2D eigenvalue weighted by Gasteiger charge is -2.22. The number of rotatable bonds is 10. The number of ether oxygens (including phenoxy) is 1. The van der Waals surface area contributed by atoms with Gasteiger partial charge in [-0.1, -0.05) is 30.3 Å². The smallest absolute Gasteiger partial charge is 0.194 e. The first-order chi connectivity index (χ1) is 13.3. The standard InChI is InChI=1S/C21H31N5O/c1-3-22-21(25(2)13-14-27-17-19-9-10-19)24-15-20-23-11-12-26(20)16-18-7-5-4-6-8-18/h4-8,11-12,19H,3,9-10,13-17H2,1-2H3,(H,22,24). The van der Waals surface area contributed by atoms with Crippen molar-refractivity contribution in [2.45, 2.75) is 32.9 Å². The fourth-order valence-corrected chi connectivity index (χ4v) is 2.87. The predicted molar refractivity (Wildman–Crippen MR) is 109 cm³/mol. The van der Waals surface area contributed by atoms with E-state index in [2.05, 4.69) is 58.0 Å². The highest BCUT2D eigenvalue weighted by Gasteiger charge is 2.21. The molecule has 0 bridgehead atoms. The molecule has 6 heteroatoms. The van der Waals surface area contributed by atoms with Gasteiger partial charge in [0.05, 0.1) is 6.61 Å². The lowest BCUT2D eigenvalue weighted by Crippen LogP contribution is -2.40. The van der Waals surface area contributed by atoms with E-state index in [1.165, 1.54) is 18.4 Å². The van der Waals surface area contributed by atoms with Crippen molar-refractivity contribution in [3.63, 3.8) is 0 Å². The fourth-order valence-electron chi connectivity index (χ4n) is 2.87. The van der Waals surface area contributed by atoms with E-state index in [9.17, 15) is 0 Å². The third kappa shape index (κ3) is 6.40. The molecule has 1 N–H and O–H groups in total. The topological polar surface area (TPSA) is 54.7 Å². The van der Waals surface area contributed by atoms with Crippen molar-refractivity contribution in [2.75, 3.05) is 33.4 Å². The summed E-state index contributed by atoms with van der Waals surface area (Å²) in [6, 6.07) is 10.4. The minimum Gasteiger partial charge on any atom is -0.379 e. The van der Waals surface area contributed by atoms with Crippen LogP contribution in [0.4, 0.5) is 0 Å². The molecule has 0 aliphatic heterocycles. The van der Waals surface area contributed by atoms with Crippen LogP contribution in [-0.2, 0) is 17.8 Å². The second-order valence-corrected chi connectivity index (χ2v) is 7.07. The van der Waals surface area contributed by atoms with E-state index in [1.807, 2.05) is 18.5 Å². The number of likely N-dealkylation sites (N-methyl/N-ethyl adjacent to an activating group) is 1. The molecule has 0 unspecified atom stereocenters. The zero-order valence-electron chi connectivity index (χ0n) is 16.5. The molecule has 2 aromatic rings. The van der Waals surface area contributed by atoms with Crippen molar-refractivity contribution >= 4 is 5.96 Å². The van der Waals surface area contributed by atoms with Gasteiger partial charge in [0.25, 0.3) is 0 Å². The zero-order chi connectivity index (χ0) is 18.9. The third-order valence-corrected chi connectivity index (χ3v) is 4.69. The van der Waals surface area contributed by atoms with Crippen molar-refractivity contribution in [1.29, 1.82) is 0 Å². The summed E-state index contributed by atoms with van der Waals surface area (Å²) in [4.78, 5) is 11.4. The lowest BCUT2D eigenvalue weighted by atomic mass is 10.2. The fraction of sp³-hybridized carbons (Fsp3) is 0.524. The first-order valence-electron chi connectivity index (χ1n) is 9.87. The van der Waals surface area contributed by atoms with Gasteiger partial charge in [0.1, 0.15) is 12.4 Å². The van der Waals surface area contributed by atoms with Crippen molar-refractivity contribution < 1.29 is 4.74 Å². The Morgan fingerprint density at radius 3 is 2.89 bits per heavy atom. The van der Waals surface area contributed by atoms with Crippen molar-refractivity contribution in [2.24, 2.45) is 10.9 Å². The van der Waals surface area contributed by atoms with Gasteiger partial charge < -0.3 is 19.5 Å². The number of nitrogens with zero attached hydrogens (tertiary/aromatic N) is 4.